The van der Waals surface area contributed by atoms with Gasteiger partial charge in [-0.1, -0.05) is 18.2 Å². The molecule has 2 aliphatic rings. The number of aliphatic hydroxyl groups excluding tert-OH is 1. The summed E-state index contributed by atoms with van der Waals surface area (Å²) in [5.41, 5.74) is -5.41. The Kier molecular flexibility index (Phi) is 5.75. The van der Waals surface area contributed by atoms with E-state index < -0.39 is 62.0 Å². The Bertz CT molecular complexity index is 1190. The van der Waals surface area contributed by atoms with Gasteiger partial charge in [0.05, 0.1) is 19.4 Å². The monoisotopic (exact) mass is 482 g/mol. The molecule has 0 saturated carbocycles. The molecule has 0 spiro atoms. The number of phosphoric ester groups is 1. The molecule has 32 heavy (non-hydrogen) atoms. The number of rotatable bonds is 5. The number of hydrogen-bond donors (Lipinski definition) is 2. The number of para-hydroxylation sites is 1. The van der Waals surface area contributed by atoms with Crippen molar-refractivity contribution in [2.45, 2.75) is 37.1 Å². The summed E-state index contributed by atoms with van der Waals surface area (Å²) in [6, 6.07) is 6.24. The Morgan fingerprint density at radius 1 is 1.34 bits per heavy atom. The SMILES string of the molecule is O=c1[nH]c(=O)n(C2OC(COP3(=O)OCc4ccccc4O3)(C(F)F)C(O)C2F)cc1F. The molecule has 4 rings (SSSR count). The van der Waals surface area contributed by atoms with E-state index in [-0.39, 0.29) is 23.1 Å². The number of nitrogens with one attached hydrogen (secondary N) is 1. The quantitative estimate of drug-likeness (QED) is 0.486. The zero-order valence-corrected chi connectivity index (χ0v) is 16.7. The second-order valence-electron chi connectivity index (χ2n) is 6.99. The molecule has 5 atom stereocenters. The highest BCUT2D eigenvalue weighted by molar-refractivity contribution is 7.49. The Morgan fingerprint density at radius 3 is 2.78 bits per heavy atom. The van der Waals surface area contributed by atoms with Crippen LogP contribution in [-0.2, 0) is 25.0 Å². The molecule has 0 radical (unpaired) electrons. The molecule has 0 amide bonds. The standard InChI is InChI=1S/C17H15F4N2O8P/c18-9-5-23(16(26)22-13(9)25)14-11(19)12(24)17(30-14,15(20)21)7-29-32(27)28-6-8-3-1-2-4-10(8)31-32/h1-5,11-12,14-15,24H,6-7H2,(H,22,25,26). The van der Waals surface area contributed by atoms with E-state index in [2.05, 4.69) is 0 Å². The van der Waals surface area contributed by atoms with E-state index in [4.69, 9.17) is 18.3 Å². The second kappa shape index (κ2) is 8.12. The summed E-state index contributed by atoms with van der Waals surface area (Å²) in [6.45, 7) is -1.61. The van der Waals surface area contributed by atoms with E-state index in [1.807, 2.05) is 0 Å². The molecule has 3 heterocycles. The minimum absolute atomic E-state index is 0.109. The molecule has 10 nitrogen and oxygen atoms in total. The first-order valence-corrected chi connectivity index (χ1v) is 10.5. The van der Waals surface area contributed by atoms with Gasteiger partial charge in [-0.25, -0.2) is 22.5 Å². The fourth-order valence-corrected chi connectivity index (χ4v) is 4.52. The van der Waals surface area contributed by atoms with Gasteiger partial charge in [0, 0.05) is 5.56 Å². The number of aromatic amines is 1. The van der Waals surface area contributed by atoms with Crippen molar-refractivity contribution < 1.29 is 45.5 Å². The number of H-pyrrole nitrogens is 1. The van der Waals surface area contributed by atoms with E-state index in [1.165, 1.54) is 11.1 Å². The van der Waals surface area contributed by atoms with Gasteiger partial charge in [0.15, 0.2) is 18.0 Å². The molecular weight excluding hydrogens is 467 g/mol. The molecule has 2 aliphatic heterocycles. The molecule has 1 saturated heterocycles. The molecule has 0 aliphatic carbocycles. The third kappa shape index (κ3) is 3.77. The Balaban J connectivity index is 1.60. The number of phosphoric acid groups is 1. The lowest BCUT2D eigenvalue weighted by Crippen LogP contribution is -2.52. The first kappa shape index (κ1) is 22.7. The van der Waals surface area contributed by atoms with Gasteiger partial charge >= 0.3 is 13.5 Å². The average Bonchev–Trinajstić information content (AvgIpc) is 3.01. The van der Waals surface area contributed by atoms with Crippen molar-refractivity contribution in [3.63, 3.8) is 0 Å². The summed E-state index contributed by atoms with van der Waals surface area (Å²) in [5.74, 6) is -1.41. The van der Waals surface area contributed by atoms with Crippen LogP contribution >= 0.6 is 7.82 Å². The fourth-order valence-electron chi connectivity index (χ4n) is 3.26. The van der Waals surface area contributed by atoms with Crippen LogP contribution < -0.4 is 15.8 Å². The van der Waals surface area contributed by atoms with Gasteiger partial charge in [0.25, 0.3) is 12.0 Å². The van der Waals surface area contributed by atoms with Crippen molar-refractivity contribution >= 4 is 7.82 Å². The molecule has 0 bridgehead atoms. The molecule has 1 aromatic heterocycles. The summed E-state index contributed by atoms with van der Waals surface area (Å²) in [4.78, 5) is 24.6. The lowest BCUT2D eigenvalue weighted by Gasteiger charge is -2.32. The Morgan fingerprint density at radius 2 is 2.06 bits per heavy atom. The van der Waals surface area contributed by atoms with Gasteiger partial charge < -0.3 is 14.4 Å². The normalized spacial score (nSPS) is 32.0. The maximum Gasteiger partial charge on any atom is 0.530 e. The van der Waals surface area contributed by atoms with Crippen LogP contribution in [-0.4, -0.2) is 45.6 Å². The zero-order valence-electron chi connectivity index (χ0n) is 15.8. The molecule has 174 valence electrons. The van der Waals surface area contributed by atoms with Gasteiger partial charge in [0.2, 0.25) is 5.82 Å². The first-order chi connectivity index (χ1) is 15.1. The molecule has 2 aromatic rings. The summed E-state index contributed by atoms with van der Waals surface area (Å²) < 4.78 is 89.0. The second-order valence-corrected chi connectivity index (χ2v) is 8.58. The highest BCUT2D eigenvalue weighted by atomic mass is 31.2. The lowest BCUT2D eigenvalue weighted by atomic mass is 9.97. The van der Waals surface area contributed by atoms with Crippen LogP contribution in [0.5, 0.6) is 5.75 Å². The summed E-state index contributed by atoms with van der Waals surface area (Å²) in [5, 5.41) is 10.2. The van der Waals surface area contributed by atoms with Crippen LogP contribution in [0, 0.1) is 5.82 Å². The number of fused-ring (bicyclic) bond motifs is 1. The predicted molar refractivity (Wildman–Crippen MR) is 96.5 cm³/mol. The van der Waals surface area contributed by atoms with Crippen molar-refractivity contribution in [1.29, 1.82) is 0 Å². The van der Waals surface area contributed by atoms with Gasteiger partial charge in [-0.2, -0.15) is 4.39 Å². The third-order valence-electron chi connectivity index (χ3n) is 4.99. The average molecular weight is 482 g/mol. The first-order valence-electron chi connectivity index (χ1n) is 9.02. The van der Waals surface area contributed by atoms with Gasteiger partial charge in [-0.05, 0) is 6.07 Å². The molecule has 15 heteroatoms. The molecule has 1 aromatic carbocycles. The largest absolute Gasteiger partial charge is 0.530 e. The molecule has 5 unspecified atom stereocenters. The van der Waals surface area contributed by atoms with Crippen LogP contribution in [0.3, 0.4) is 0 Å². The summed E-state index contributed by atoms with van der Waals surface area (Å²) >= 11 is 0. The third-order valence-corrected chi connectivity index (χ3v) is 6.30. The number of halogens is 4. The maximum absolute atomic E-state index is 14.7. The number of aliphatic hydroxyl groups is 1. The fraction of sp³-hybridized carbons (Fsp3) is 0.412. The Hall–Kier alpha value is -2.51. The molecular formula is C17H15F4N2O8P. The van der Waals surface area contributed by atoms with Gasteiger partial charge in [-0.15, -0.1) is 0 Å². The highest BCUT2D eigenvalue weighted by Crippen LogP contribution is 2.56. The minimum atomic E-state index is -4.47. The van der Waals surface area contributed by atoms with Crippen molar-refractivity contribution in [2.75, 3.05) is 6.61 Å². The maximum atomic E-state index is 14.7. The van der Waals surface area contributed by atoms with Crippen molar-refractivity contribution in [3.05, 3.63) is 62.7 Å². The van der Waals surface area contributed by atoms with Crippen LogP contribution in [0.2, 0.25) is 0 Å². The van der Waals surface area contributed by atoms with Crippen molar-refractivity contribution in [3.8, 4) is 5.75 Å². The van der Waals surface area contributed by atoms with E-state index in [0.29, 0.717) is 5.56 Å². The predicted octanol–water partition coefficient (Wildman–Crippen LogP) is 1.64. The number of alkyl halides is 3. The lowest BCUT2D eigenvalue weighted by molar-refractivity contribution is -0.194. The van der Waals surface area contributed by atoms with Crippen LogP contribution in [0.4, 0.5) is 17.6 Å². The van der Waals surface area contributed by atoms with E-state index in [0.717, 1.165) is 0 Å². The number of nitrogens with zero attached hydrogens (tertiary/aromatic N) is 1. The van der Waals surface area contributed by atoms with E-state index in [1.54, 1.807) is 18.2 Å². The van der Waals surface area contributed by atoms with Crippen LogP contribution in [0.1, 0.15) is 11.8 Å². The number of benzene rings is 1. The Labute approximate surface area is 175 Å². The van der Waals surface area contributed by atoms with Crippen LogP contribution in [0.25, 0.3) is 0 Å². The van der Waals surface area contributed by atoms with Gasteiger partial charge in [-0.3, -0.25) is 23.4 Å². The van der Waals surface area contributed by atoms with Crippen molar-refractivity contribution in [2.24, 2.45) is 0 Å². The van der Waals surface area contributed by atoms with Crippen molar-refractivity contribution in [1.82, 2.24) is 9.55 Å². The van der Waals surface area contributed by atoms with Gasteiger partial charge in [0.1, 0.15) is 11.9 Å². The number of ether oxygens (including phenoxy) is 1. The van der Waals surface area contributed by atoms with E-state index >= 15 is 0 Å². The molecule has 1 fully saturated rings. The molecule has 2 N–H and O–H groups in total. The number of aromatic nitrogens is 2. The highest BCUT2D eigenvalue weighted by Gasteiger charge is 2.62. The smallest absolute Gasteiger partial charge is 0.404 e. The summed E-state index contributed by atoms with van der Waals surface area (Å²) in [7, 11) is -4.47. The number of hydrogen-bond acceptors (Lipinski definition) is 8. The topological polar surface area (TPSA) is 129 Å². The zero-order chi connectivity index (χ0) is 23.3. The minimum Gasteiger partial charge on any atom is -0.404 e. The van der Waals surface area contributed by atoms with E-state index in [9.17, 15) is 36.8 Å². The van der Waals surface area contributed by atoms with Crippen LogP contribution in [0.15, 0.2) is 40.1 Å². The summed E-state index contributed by atoms with van der Waals surface area (Å²) in [6.07, 6.45) is -10.9.